The quantitative estimate of drug-likeness (QED) is 0.920. The third-order valence-corrected chi connectivity index (χ3v) is 2.77. The van der Waals surface area contributed by atoms with Gasteiger partial charge in [0, 0.05) is 19.5 Å². The fourth-order valence-electron chi connectivity index (χ4n) is 1.54. The second-order valence-corrected chi connectivity index (χ2v) is 4.74. The van der Waals surface area contributed by atoms with E-state index < -0.39 is 0 Å². The van der Waals surface area contributed by atoms with Gasteiger partial charge in [-0.25, -0.2) is 9.97 Å². The van der Waals surface area contributed by atoms with Crippen molar-refractivity contribution in [2.75, 3.05) is 19.0 Å². The third kappa shape index (κ3) is 3.30. The van der Waals surface area contributed by atoms with Crippen molar-refractivity contribution in [3.05, 3.63) is 40.5 Å². The van der Waals surface area contributed by atoms with Crippen molar-refractivity contribution in [1.29, 1.82) is 0 Å². The van der Waals surface area contributed by atoms with Crippen molar-refractivity contribution in [3.8, 4) is 0 Å². The van der Waals surface area contributed by atoms with Crippen LogP contribution in [0.5, 0.6) is 0 Å². The minimum absolute atomic E-state index is 0.107. The molecular weight excluding hydrogens is 298 g/mol. The molecule has 0 radical (unpaired) electrons. The zero-order chi connectivity index (χ0) is 13.0. The number of anilines is 1. The maximum absolute atomic E-state index is 5.59. The van der Waals surface area contributed by atoms with Gasteiger partial charge in [-0.1, -0.05) is 0 Å². The van der Waals surface area contributed by atoms with Gasteiger partial charge in [-0.05, 0) is 35.0 Å². The van der Waals surface area contributed by atoms with Crippen molar-refractivity contribution in [2.24, 2.45) is 0 Å². The van der Waals surface area contributed by atoms with Crippen LogP contribution in [-0.2, 0) is 4.74 Å². The van der Waals surface area contributed by atoms with Gasteiger partial charge in [0.1, 0.15) is 17.6 Å². The van der Waals surface area contributed by atoms with E-state index in [1.807, 2.05) is 19.1 Å². The Hall–Kier alpha value is -1.40. The number of hydrogen-bond donors (Lipinski definition) is 1. The second-order valence-electron chi connectivity index (χ2n) is 3.83. The Kier molecular flexibility index (Phi) is 4.33. The molecule has 18 heavy (non-hydrogen) atoms. The smallest absolute Gasteiger partial charge is 0.223 e. The molecule has 0 fully saturated rings. The molecule has 2 rings (SSSR count). The average Bonchev–Trinajstić information content (AvgIpc) is 2.78. The zero-order valence-electron chi connectivity index (χ0n) is 10.2. The van der Waals surface area contributed by atoms with Crippen molar-refractivity contribution in [1.82, 2.24) is 9.97 Å². The van der Waals surface area contributed by atoms with Crippen molar-refractivity contribution >= 4 is 21.9 Å². The predicted octanol–water partition coefficient (Wildman–Crippen LogP) is 2.94. The van der Waals surface area contributed by atoms with Gasteiger partial charge in [0.05, 0.1) is 11.1 Å². The summed E-state index contributed by atoms with van der Waals surface area (Å²) in [6.45, 7) is 2.38. The van der Waals surface area contributed by atoms with E-state index in [9.17, 15) is 0 Å². The van der Waals surface area contributed by atoms with E-state index in [4.69, 9.17) is 9.15 Å². The number of hydrogen-bond acceptors (Lipinski definition) is 5. The minimum atomic E-state index is -0.107. The summed E-state index contributed by atoms with van der Waals surface area (Å²) < 4.78 is 11.6. The number of rotatable bonds is 5. The number of nitrogens with zero attached hydrogens (tertiary/aromatic N) is 2. The molecule has 6 heteroatoms. The van der Waals surface area contributed by atoms with Crippen LogP contribution >= 0.6 is 15.9 Å². The highest BCUT2D eigenvalue weighted by molar-refractivity contribution is 9.10. The SMILES string of the molecule is COC[C@H](Nc1ncc(Br)cn1)c1ccc(C)o1. The van der Waals surface area contributed by atoms with E-state index >= 15 is 0 Å². The molecule has 0 saturated heterocycles. The Labute approximate surface area is 114 Å². The molecule has 0 aliphatic carbocycles. The van der Waals surface area contributed by atoms with Gasteiger partial charge in [-0.3, -0.25) is 0 Å². The first-order valence-corrected chi connectivity index (χ1v) is 6.27. The molecule has 1 N–H and O–H groups in total. The Morgan fingerprint density at radius 2 is 2.11 bits per heavy atom. The Bertz CT molecular complexity index is 498. The summed E-state index contributed by atoms with van der Waals surface area (Å²) in [6.07, 6.45) is 3.37. The molecular formula is C12H14BrN3O2. The Morgan fingerprint density at radius 1 is 1.39 bits per heavy atom. The molecule has 0 unspecified atom stereocenters. The van der Waals surface area contributed by atoms with Crippen LogP contribution in [0, 0.1) is 6.92 Å². The summed E-state index contributed by atoms with van der Waals surface area (Å²) >= 11 is 3.29. The number of furan rings is 1. The lowest BCUT2D eigenvalue weighted by Crippen LogP contribution is -2.17. The third-order valence-electron chi connectivity index (χ3n) is 2.36. The number of methoxy groups -OCH3 is 1. The summed E-state index contributed by atoms with van der Waals surface area (Å²) in [6, 6.07) is 3.73. The van der Waals surface area contributed by atoms with Crippen LogP contribution in [0.1, 0.15) is 17.6 Å². The monoisotopic (exact) mass is 311 g/mol. The van der Waals surface area contributed by atoms with E-state index in [2.05, 4.69) is 31.2 Å². The van der Waals surface area contributed by atoms with Crippen LogP contribution in [-0.4, -0.2) is 23.7 Å². The number of aryl methyl sites for hydroxylation is 1. The van der Waals surface area contributed by atoms with E-state index in [1.54, 1.807) is 19.5 Å². The highest BCUT2D eigenvalue weighted by atomic mass is 79.9. The molecule has 0 aliphatic rings. The minimum Gasteiger partial charge on any atom is -0.464 e. The average molecular weight is 312 g/mol. The largest absolute Gasteiger partial charge is 0.464 e. The molecule has 0 amide bonds. The fourth-order valence-corrected chi connectivity index (χ4v) is 1.75. The summed E-state index contributed by atoms with van der Waals surface area (Å²) in [5, 5.41) is 3.17. The molecule has 0 saturated carbocycles. The first-order valence-electron chi connectivity index (χ1n) is 5.48. The van der Waals surface area contributed by atoms with Crippen LogP contribution < -0.4 is 5.32 Å². The number of halogens is 1. The molecule has 2 aromatic heterocycles. The van der Waals surface area contributed by atoms with Gasteiger partial charge >= 0.3 is 0 Å². The number of ether oxygens (including phenoxy) is 1. The maximum Gasteiger partial charge on any atom is 0.223 e. The molecule has 1 atom stereocenters. The fraction of sp³-hybridized carbons (Fsp3) is 0.333. The first kappa shape index (κ1) is 13.0. The predicted molar refractivity (Wildman–Crippen MR) is 71.4 cm³/mol. The van der Waals surface area contributed by atoms with E-state index in [1.165, 1.54) is 0 Å². The maximum atomic E-state index is 5.59. The lowest BCUT2D eigenvalue weighted by atomic mass is 10.2. The second kappa shape index (κ2) is 5.97. The number of aromatic nitrogens is 2. The molecule has 96 valence electrons. The molecule has 2 heterocycles. The highest BCUT2D eigenvalue weighted by Crippen LogP contribution is 2.20. The van der Waals surface area contributed by atoms with Gasteiger partial charge in [0.25, 0.3) is 0 Å². The van der Waals surface area contributed by atoms with Crippen LogP contribution in [0.15, 0.2) is 33.4 Å². The molecule has 5 nitrogen and oxygen atoms in total. The first-order chi connectivity index (χ1) is 8.69. The van der Waals surface area contributed by atoms with Gasteiger partial charge in [-0.15, -0.1) is 0 Å². The standard InChI is InChI=1S/C12H14BrN3O2/c1-8-3-4-11(18-8)10(7-17-2)16-12-14-5-9(13)6-15-12/h3-6,10H,7H2,1-2H3,(H,14,15,16)/t10-/m0/s1. The van der Waals surface area contributed by atoms with Gasteiger partial charge in [0.15, 0.2) is 0 Å². The molecule has 0 spiro atoms. The van der Waals surface area contributed by atoms with Crippen LogP contribution in [0.2, 0.25) is 0 Å². The molecule has 0 aromatic carbocycles. The van der Waals surface area contributed by atoms with Crippen molar-refractivity contribution in [3.63, 3.8) is 0 Å². The topological polar surface area (TPSA) is 60.2 Å². The summed E-state index contributed by atoms with van der Waals surface area (Å²) in [7, 11) is 1.65. The lowest BCUT2D eigenvalue weighted by Gasteiger charge is -2.15. The Morgan fingerprint density at radius 3 is 2.67 bits per heavy atom. The lowest BCUT2D eigenvalue weighted by molar-refractivity contribution is 0.178. The van der Waals surface area contributed by atoms with Gasteiger partial charge in [0.2, 0.25) is 5.95 Å². The van der Waals surface area contributed by atoms with Gasteiger partial charge in [-0.2, -0.15) is 0 Å². The summed E-state index contributed by atoms with van der Waals surface area (Å²) in [5.41, 5.74) is 0. The normalized spacial score (nSPS) is 12.4. The van der Waals surface area contributed by atoms with E-state index in [0.717, 1.165) is 16.0 Å². The molecule has 0 bridgehead atoms. The highest BCUT2D eigenvalue weighted by Gasteiger charge is 2.16. The Balaban J connectivity index is 2.13. The van der Waals surface area contributed by atoms with E-state index in [0.29, 0.717) is 12.6 Å². The van der Waals surface area contributed by atoms with Crippen LogP contribution in [0.25, 0.3) is 0 Å². The zero-order valence-corrected chi connectivity index (χ0v) is 11.8. The number of nitrogens with one attached hydrogen (secondary N) is 1. The van der Waals surface area contributed by atoms with Gasteiger partial charge < -0.3 is 14.5 Å². The van der Waals surface area contributed by atoms with Crippen LogP contribution in [0.3, 0.4) is 0 Å². The summed E-state index contributed by atoms with van der Waals surface area (Å²) in [5.74, 6) is 2.21. The van der Waals surface area contributed by atoms with E-state index in [-0.39, 0.29) is 6.04 Å². The van der Waals surface area contributed by atoms with Crippen molar-refractivity contribution in [2.45, 2.75) is 13.0 Å². The summed E-state index contributed by atoms with van der Waals surface area (Å²) in [4.78, 5) is 8.33. The molecule has 0 aliphatic heterocycles. The van der Waals surface area contributed by atoms with Crippen molar-refractivity contribution < 1.29 is 9.15 Å². The molecule has 2 aromatic rings. The van der Waals surface area contributed by atoms with Crippen LogP contribution in [0.4, 0.5) is 5.95 Å².